The molecule has 0 bridgehead atoms. The van der Waals surface area contributed by atoms with Gasteiger partial charge in [-0.1, -0.05) is 17.8 Å². The minimum Gasteiger partial charge on any atom is -0.312 e. The van der Waals surface area contributed by atoms with Crippen molar-refractivity contribution in [3.63, 3.8) is 0 Å². The molecule has 0 saturated heterocycles. The van der Waals surface area contributed by atoms with Crippen LogP contribution in [0.2, 0.25) is 0 Å². The molecule has 1 aliphatic carbocycles. The van der Waals surface area contributed by atoms with E-state index in [4.69, 9.17) is 0 Å². The molecule has 2 aromatic heterocycles. The molecule has 2 aromatic rings. The van der Waals surface area contributed by atoms with Crippen molar-refractivity contribution in [3.05, 3.63) is 10.8 Å². The summed E-state index contributed by atoms with van der Waals surface area (Å²) in [5.41, 5.74) is 0.163. The SMILES string of the molecule is CC(C)(C)NCCc1nn2c(C3CCC3)nnc2s1. The highest BCUT2D eigenvalue weighted by Gasteiger charge is 2.26. The number of nitrogens with zero attached hydrogens (tertiary/aromatic N) is 4. The van der Waals surface area contributed by atoms with Gasteiger partial charge in [-0.05, 0) is 33.6 Å². The van der Waals surface area contributed by atoms with Crippen molar-refractivity contribution >= 4 is 16.3 Å². The fourth-order valence-electron chi connectivity index (χ4n) is 2.24. The summed E-state index contributed by atoms with van der Waals surface area (Å²) < 4.78 is 1.96. The van der Waals surface area contributed by atoms with E-state index < -0.39 is 0 Å². The molecule has 5 nitrogen and oxygen atoms in total. The zero-order valence-corrected chi connectivity index (χ0v) is 12.6. The Bertz CT molecular complexity index is 561. The molecule has 3 rings (SSSR count). The van der Waals surface area contributed by atoms with Gasteiger partial charge in [0.15, 0.2) is 5.82 Å². The summed E-state index contributed by atoms with van der Waals surface area (Å²) in [5.74, 6) is 1.64. The van der Waals surface area contributed by atoms with Crippen LogP contribution in [0.1, 0.15) is 56.8 Å². The van der Waals surface area contributed by atoms with E-state index in [2.05, 4.69) is 41.4 Å². The molecule has 1 aliphatic rings. The van der Waals surface area contributed by atoms with Crippen molar-refractivity contribution < 1.29 is 0 Å². The average Bonchev–Trinajstić information content (AvgIpc) is 2.76. The molecular weight excluding hydrogens is 258 g/mol. The minimum absolute atomic E-state index is 0.163. The van der Waals surface area contributed by atoms with Crippen molar-refractivity contribution in [1.29, 1.82) is 0 Å². The summed E-state index contributed by atoms with van der Waals surface area (Å²) in [6, 6.07) is 0. The van der Waals surface area contributed by atoms with Gasteiger partial charge < -0.3 is 5.32 Å². The molecule has 0 spiro atoms. The van der Waals surface area contributed by atoms with E-state index in [9.17, 15) is 0 Å². The zero-order chi connectivity index (χ0) is 13.5. The molecule has 19 heavy (non-hydrogen) atoms. The highest BCUT2D eigenvalue weighted by Crippen LogP contribution is 2.35. The lowest BCUT2D eigenvalue weighted by Crippen LogP contribution is -2.37. The molecular formula is C13H21N5S. The summed E-state index contributed by atoms with van der Waals surface area (Å²) in [5, 5.41) is 17.8. The van der Waals surface area contributed by atoms with Crippen molar-refractivity contribution in [3.8, 4) is 0 Å². The molecule has 0 aromatic carbocycles. The first-order chi connectivity index (χ1) is 9.03. The summed E-state index contributed by atoms with van der Waals surface area (Å²) in [7, 11) is 0. The van der Waals surface area contributed by atoms with Gasteiger partial charge in [-0.15, -0.1) is 10.2 Å². The highest BCUT2D eigenvalue weighted by atomic mass is 32.1. The van der Waals surface area contributed by atoms with E-state index in [1.54, 1.807) is 11.3 Å². The van der Waals surface area contributed by atoms with Crippen LogP contribution < -0.4 is 5.32 Å². The molecule has 2 heterocycles. The Morgan fingerprint density at radius 1 is 1.32 bits per heavy atom. The van der Waals surface area contributed by atoms with Crippen LogP contribution in [-0.2, 0) is 6.42 Å². The van der Waals surface area contributed by atoms with Crippen LogP contribution in [0, 0.1) is 0 Å². The second kappa shape index (κ2) is 4.83. The van der Waals surface area contributed by atoms with E-state index in [1.165, 1.54) is 19.3 Å². The van der Waals surface area contributed by atoms with Gasteiger partial charge in [0.2, 0.25) is 4.96 Å². The standard InChI is InChI=1S/C13H21N5S/c1-13(2,3)14-8-7-10-17-18-11(9-5-4-6-9)15-16-12(18)19-10/h9,14H,4-8H2,1-3H3. The Morgan fingerprint density at radius 2 is 2.11 bits per heavy atom. The van der Waals surface area contributed by atoms with Gasteiger partial charge in [-0.2, -0.15) is 9.61 Å². The summed E-state index contributed by atoms with van der Waals surface area (Å²) in [4.78, 5) is 0.938. The van der Waals surface area contributed by atoms with Gasteiger partial charge in [0.25, 0.3) is 0 Å². The Labute approximate surface area is 117 Å². The molecule has 0 radical (unpaired) electrons. The molecule has 0 unspecified atom stereocenters. The van der Waals surface area contributed by atoms with Gasteiger partial charge >= 0.3 is 0 Å². The van der Waals surface area contributed by atoms with Crippen LogP contribution in [0.3, 0.4) is 0 Å². The quantitative estimate of drug-likeness (QED) is 0.933. The van der Waals surface area contributed by atoms with Crippen LogP contribution in [0.5, 0.6) is 0 Å². The van der Waals surface area contributed by atoms with Gasteiger partial charge in [-0.25, -0.2) is 0 Å². The molecule has 1 fully saturated rings. The maximum Gasteiger partial charge on any atom is 0.234 e. The molecule has 1 N–H and O–H groups in total. The Hall–Kier alpha value is -1.01. The summed E-state index contributed by atoms with van der Waals surface area (Å²) in [6.07, 6.45) is 4.74. The van der Waals surface area contributed by atoms with E-state index in [-0.39, 0.29) is 5.54 Å². The maximum atomic E-state index is 4.67. The van der Waals surface area contributed by atoms with E-state index >= 15 is 0 Å². The number of hydrogen-bond acceptors (Lipinski definition) is 5. The first-order valence-corrected chi connectivity index (χ1v) is 7.81. The van der Waals surface area contributed by atoms with Crippen LogP contribution in [-0.4, -0.2) is 31.9 Å². The first-order valence-electron chi connectivity index (χ1n) is 6.99. The largest absolute Gasteiger partial charge is 0.312 e. The minimum atomic E-state index is 0.163. The van der Waals surface area contributed by atoms with Gasteiger partial charge in [0.1, 0.15) is 5.01 Å². The van der Waals surface area contributed by atoms with Crippen LogP contribution in [0.15, 0.2) is 0 Å². The summed E-state index contributed by atoms with van der Waals surface area (Å²) >= 11 is 1.66. The normalized spacial score (nSPS) is 17.0. The molecule has 0 atom stereocenters. The van der Waals surface area contributed by atoms with Gasteiger partial charge in [0, 0.05) is 24.4 Å². The average molecular weight is 279 g/mol. The number of fused-ring (bicyclic) bond motifs is 1. The van der Waals surface area contributed by atoms with Crippen LogP contribution in [0.25, 0.3) is 4.96 Å². The summed E-state index contributed by atoms with van der Waals surface area (Å²) in [6.45, 7) is 7.49. The van der Waals surface area contributed by atoms with Crippen molar-refractivity contribution in [2.45, 2.75) is 57.9 Å². The van der Waals surface area contributed by atoms with Crippen molar-refractivity contribution in [2.24, 2.45) is 0 Å². The fraction of sp³-hybridized carbons (Fsp3) is 0.769. The second-order valence-electron chi connectivity index (χ2n) is 6.30. The Balaban J connectivity index is 1.69. The van der Waals surface area contributed by atoms with Gasteiger partial charge in [-0.3, -0.25) is 0 Å². The molecule has 0 amide bonds. The zero-order valence-electron chi connectivity index (χ0n) is 11.8. The number of rotatable bonds is 4. The highest BCUT2D eigenvalue weighted by molar-refractivity contribution is 7.16. The van der Waals surface area contributed by atoms with E-state index in [0.717, 1.165) is 28.8 Å². The first kappa shape index (κ1) is 13.0. The van der Waals surface area contributed by atoms with E-state index in [1.807, 2.05) is 4.52 Å². The third kappa shape index (κ3) is 2.79. The predicted octanol–water partition coefficient (Wildman–Crippen LogP) is 2.38. The predicted molar refractivity (Wildman–Crippen MR) is 76.7 cm³/mol. The van der Waals surface area contributed by atoms with Crippen LogP contribution in [0.4, 0.5) is 0 Å². The van der Waals surface area contributed by atoms with E-state index in [0.29, 0.717) is 5.92 Å². The second-order valence-corrected chi connectivity index (χ2v) is 7.34. The molecule has 104 valence electrons. The number of hydrogen-bond donors (Lipinski definition) is 1. The molecule has 0 aliphatic heterocycles. The Kier molecular flexibility index (Phi) is 3.30. The lowest BCUT2D eigenvalue weighted by Gasteiger charge is -2.22. The lowest BCUT2D eigenvalue weighted by atomic mass is 9.85. The monoisotopic (exact) mass is 279 g/mol. The van der Waals surface area contributed by atoms with Crippen molar-refractivity contribution in [1.82, 2.24) is 25.1 Å². The maximum absolute atomic E-state index is 4.67. The Morgan fingerprint density at radius 3 is 2.74 bits per heavy atom. The molecule has 1 saturated carbocycles. The third-order valence-corrected chi connectivity index (χ3v) is 4.48. The topological polar surface area (TPSA) is 55.1 Å². The lowest BCUT2D eigenvalue weighted by molar-refractivity contribution is 0.394. The van der Waals surface area contributed by atoms with Crippen molar-refractivity contribution in [2.75, 3.05) is 6.54 Å². The third-order valence-electron chi connectivity index (χ3n) is 3.52. The number of aromatic nitrogens is 4. The molecule has 6 heteroatoms. The number of nitrogens with one attached hydrogen (secondary N) is 1. The smallest absolute Gasteiger partial charge is 0.234 e. The van der Waals surface area contributed by atoms with Gasteiger partial charge in [0.05, 0.1) is 0 Å². The fourth-order valence-corrected chi connectivity index (χ4v) is 3.08. The van der Waals surface area contributed by atoms with Crippen LogP contribution >= 0.6 is 11.3 Å².